The maximum atomic E-state index is 13.5. The Kier molecular flexibility index (Phi) is 5.09. The summed E-state index contributed by atoms with van der Waals surface area (Å²) < 4.78 is 33.1. The SMILES string of the molecule is NCCc1cc(Br)ccc1OCc1cc(F)ccc1F. The van der Waals surface area contributed by atoms with Gasteiger partial charge in [-0.15, -0.1) is 0 Å². The average Bonchev–Trinajstić information content (AvgIpc) is 2.42. The summed E-state index contributed by atoms with van der Waals surface area (Å²) in [5.74, 6) is -0.339. The van der Waals surface area contributed by atoms with Crippen molar-refractivity contribution in [2.24, 2.45) is 5.73 Å². The van der Waals surface area contributed by atoms with E-state index in [4.69, 9.17) is 10.5 Å². The van der Waals surface area contributed by atoms with Crippen LogP contribution in [0.2, 0.25) is 0 Å². The van der Waals surface area contributed by atoms with Crippen LogP contribution in [0.4, 0.5) is 8.78 Å². The Morgan fingerprint density at radius 3 is 2.60 bits per heavy atom. The van der Waals surface area contributed by atoms with Crippen molar-refractivity contribution in [2.45, 2.75) is 13.0 Å². The fourth-order valence-electron chi connectivity index (χ4n) is 1.85. The summed E-state index contributed by atoms with van der Waals surface area (Å²) in [5, 5.41) is 0. The second-order valence-corrected chi connectivity index (χ2v) is 5.23. The van der Waals surface area contributed by atoms with Gasteiger partial charge in [-0.25, -0.2) is 8.78 Å². The smallest absolute Gasteiger partial charge is 0.130 e. The standard InChI is InChI=1S/C15H14BrF2NO/c16-12-1-4-15(10(7-12)5-6-19)20-9-11-8-13(17)2-3-14(11)18/h1-4,7-8H,5-6,9,19H2. The van der Waals surface area contributed by atoms with Gasteiger partial charge >= 0.3 is 0 Å². The van der Waals surface area contributed by atoms with E-state index >= 15 is 0 Å². The van der Waals surface area contributed by atoms with Crippen molar-refractivity contribution in [1.82, 2.24) is 0 Å². The molecule has 0 unspecified atom stereocenters. The first-order valence-corrected chi connectivity index (χ1v) is 6.94. The average molecular weight is 342 g/mol. The maximum absolute atomic E-state index is 13.5. The van der Waals surface area contributed by atoms with E-state index in [2.05, 4.69) is 15.9 Å². The number of hydrogen-bond donors (Lipinski definition) is 1. The Hall–Kier alpha value is -1.46. The minimum absolute atomic E-state index is 0.0250. The first-order valence-electron chi connectivity index (χ1n) is 6.15. The van der Waals surface area contributed by atoms with Gasteiger partial charge in [0.1, 0.15) is 24.0 Å². The zero-order chi connectivity index (χ0) is 14.5. The molecule has 0 saturated carbocycles. The van der Waals surface area contributed by atoms with Crippen molar-refractivity contribution < 1.29 is 13.5 Å². The van der Waals surface area contributed by atoms with E-state index in [0.717, 1.165) is 28.2 Å². The Morgan fingerprint density at radius 2 is 1.85 bits per heavy atom. The lowest BCUT2D eigenvalue weighted by Gasteiger charge is -2.12. The molecule has 2 aromatic carbocycles. The van der Waals surface area contributed by atoms with E-state index in [1.54, 1.807) is 6.07 Å². The molecule has 0 fully saturated rings. The normalized spacial score (nSPS) is 10.6. The van der Waals surface area contributed by atoms with Gasteiger partial charge in [-0.05, 0) is 54.9 Å². The summed E-state index contributed by atoms with van der Waals surface area (Å²) in [4.78, 5) is 0. The molecule has 0 heterocycles. The lowest BCUT2D eigenvalue weighted by Crippen LogP contribution is -2.06. The summed E-state index contributed by atoms with van der Waals surface area (Å²) in [5.41, 5.74) is 6.67. The van der Waals surface area contributed by atoms with Gasteiger partial charge in [-0.3, -0.25) is 0 Å². The van der Waals surface area contributed by atoms with Crippen molar-refractivity contribution in [3.05, 3.63) is 63.6 Å². The summed E-state index contributed by atoms with van der Waals surface area (Å²) >= 11 is 3.38. The minimum Gasteiger partial charge on any atom is -0.489 e. The van der Waals surface area contributed by atoms with E-state index < -0.39 is 11.6 Å². The van der Waals surface area contributed by atoms with Crippen LogP contribution in [0.15, 0.2) is 40.9 Å². The number of ether oxygens (including phenoxy) is 1. The molecule has 0 aliphatic rings. The Bertz CT molecular complexity index is 604. The van der Waals surface area contributed by atoms with Crippen molar-refractivity contribution in [1.29, 1.82) is 0 Å². The highest BCUT2D eigenvalue weighted by Gasteiger charge is 2.08. The van der Waals surface area contributed by atoms with E-state index in [1.807, 2.05) is 12.1 Å². The Labute approximate surface area is 124 Å². The minimum atomic E-state index is -0.483. The number of hydrogen-bond acceptors (Lipinski definition) is 2. The first-order chi connectivity index (χ1) is 9.60. The fraction of sp³-hybridized carbons (Fsp3) is 0.200. The molecular formula is C15H14BrF2NO. The van der Waals surface area contributed by atoms with Crippen LogP contribution in [0.3, 0.4) is 0 Å². The molecule has 0 saturated heterocycles. The highest BCUT2D eigenvalue weighted by molar-refractivity contribution is 9.10. The van der Waals surface area contributed by atoms with Crippen LogP contribution >= 0.6 is 15.9 Å². The van der Waals surface area contributed by atoms with Gasteiger partial charge in [-0.2, -0.15) is 0 Å². The van der Waals surface area contributed by atoms with Gasteiger partial charge in [0.2, 0.25) is 0 Å². The summed E-state index contributed by atoms with van der Waals surface area (Å²) in [6, 6.07) is 8.83. The van der Waals surface area contributed by atoms with Crippen LogP contribution in [0, 0.1) is 11.6 Å². The summed E-state index contributed by atoms with van der Waals surface area (Å²) in [6.07, 6.45) is 0.653. The summed E-state index contributed by atoms with van der Waals surface area (Å²) in [6.45, 7) is 0.462. The fourth-order valence-corrected chi connectivity index (χ4v) is 2.26. The highest BCUT2D eigenvalue weighted by atomic mass is 79.9. The molecule has 2 nitrogen and oxygen atoms in total. The van der Waals surface area contributed by atoms with Crippen LogP contribution in [0.25, 0.3) is 0 Å². The molecule has 106 valence electrons. The molecule has 0 spiro atoms. The van der Waals surface area contributed by atoms with Crippen molar-refractivity contribution in [3.8, 4) is 5.75 Å². The van der Waals surface area contributed by atoms with Crippen LogP contribution < -0.4 is 10.5 Å². The van der Waals surface area contributed by atoms with E-state index in [-0.39, 0.29) is 12.2 Å². The molecule has 0 aliphatic heterocycles. The van der Waals surface area contributed by atoms with Crippen LogP contribution in [0.1, 0.15) is 11.1 Å². The molecule has 0 amide bonds. The topological polar surface area (TPSA) is 35.2 Å². The largest absolute Gasteiger partial charge is 0.489 e. The van der Waals surface area contributed by atoms with E-state index in [9.17, 15) is 8.78 Å². The van der Waals surface area contributed by atoms with Gasteiger partial charge in [-0.1, -0.05) is 15.9 Å². The van der Waals surface area contributed by atoms with E-state index in [0.29, 0.717) is 18.7 Å². The van der Waals surface area contributed by atoms with Crippen molar-refractivity contribution in [2.75, 3.05) is 6.54 Å². The molecule has 0 atom stereocenters. The molecule has 0 aliphatic carbocycles. The van der Waals surface area contributed by atoms with E-state index in [1.165, 1.54) is 0 Å². The zero-order valence-electron chi connectivity index (χ0n) is 10.7. The molecule has 2 N–H and O–H groups in total. The zero-order valence-corrected chi connectivity index (χ0v) is 12.3. The van der Waals surface area contributed by atoms with Gasteiger partial charge in [0.15, 0.2) is 0 Å². The molecule has 0 bridgehead atoms. The van der Waals surface area contributed by atoms with Crippen LogP contribution in [-0.2, 0) is 13.0 Å². The van der Waals surface area contributed by atoms with Gasteiger partial charge < -0.3 is 10.5 Å². The molecule has 2 aromatic rings. The molecular weight excluding hydrogens is 328 g/mol. The first kappa shape index (κ1) is 14.9. The third kappa shape index (κ3) is 3.77. The van der Waals surface area contributed by atoms with Crippen molar-refractivity contribution in [3.63, 3.8) is 0 Å². The van der Waals surface area contributed by atoms with Crippen LogP contribution in [0.5, 0.6) is 5.75 Å². The second-order valence-electron chi connectivity index (χ2n) is 4.32. The predicted octanol–water partition coefficient (Wildman–Crippen LogP) is 3.81. The lowest BCUT2D eigenvalue weighted by atomic mass is 10.1. The monoisotopic (exact) mass is 341 g/mol. The molecule has 0 radical (unpaired) electrons. The van der Waals surface area contributed by atoms with Crippen LogP contribution in [-0.4, -0.2) is 6.54 Å². The lowest BCUT2D eigenvalue weighted by molar-refractivity contribution is 0.296. The van der Waals surface area contributed by atoms with Crippen molar-refractivity contribution >= 4 is 15.9 Å². The number of halogens is 3. The van der Waals surface area contributed by atoms with Gasteiger partial charge in [0, 0.05) is 10.0 Å². The quantitative estimate of drug-likeness (QED) is 0.897. The van der Waals surface area contributed by atoms with Gasteiger partial charge in [0.25, 0.3) is 0 Å². The highest BCUT2D eigenvalue weighted by Crippen LogP contribution is 2.25. The third-order valence-corrected chi connectivity index (χ3v) is 3.32. The third-order valence-electron chi connectivity index (χ3n) is 2.83. The number of benzene rings is 2. The number of nitrogens with two attached hydrogens (primary N) is 1. The maximum Gasteiger partial charge on any atom is 0.130 e. The number of rotatable bonds is 5. The molecule has 20 heavy (non-hydrogen) atoms. The molecule has 5 heteroatoms. The molecule has 2 rings (SSSR count). The second kappa shape index (κ2) is 6.81. The Morgan fingerprint density at radius 1 is 1.05 bits per heavy atom. The Balaban J connectivity index is 2.16. The predicted molar refractivity (Wildman–Crippen MR) is 77.6 cm³/mol. The summed E-state index contributed by atoms with van der Waals surface area (Å²) in [7, 11) is 0. The molecule has 0 aromatic heterocycles. The van der Waals surface area contributed by atoms with Gasteiger partial charge in [0.05, 0.1) is 0 Å².